The molecule has 0 atom stereocenters. The molecule has 6 saturated heterocycles. The highest BCUT2D eigenvalue weighted by molar-refractivity contribution is 9.10. The highest BCUT2D eigenvalue weighted by Gasteiger charge is 2.28. The topological polar surface area (TPSA) is 303 Å². The maximum Gasteiger partial charge on any atom is 0.298 e. The van der Waals surface area contributed by atoms with Gasteiger partial charge >= 0.3 is 0 Å². The molecule has 13 rings (SSSR count). The van der Waals surface area contributed by atoms with Gasteiger partial charge in [-0.2, -0.15) is 29.9 Å². The smallest absolute Gasteiger partial charge is 0.298 e. The van der Waals surface area contributed by atoms with Crippen molar-refractivity contribution in [2.45, 2.75) is 56.8 Å². The fraction of sp³-hybridized carbons (Fsp3) is 0.615. The fourth-order valence-corrected chi connectivity index (χ4v) is 11.1. The molecule has 0 bridgehead atoms. The SMILES string of the molecule is COc1ncc(-c2nc(N3CCOCC3)c3nc(OC4CCOCC4)n(C)c3n2)cc1NS(C)(=O)=O.Cn1c(Br)nc2c(N3CCOCC3)nc(Cl)nc21.Cn1c(OC2CCOCC2)nc2c(N3CCOCC3)nc(Cl)nc21.OC1CCOCC1. The molecule has 0 aliphatic carbocycles. The number of sulfonamides is 1. The van der Waals surface area contributed by atoms with E-state index in [2.05, 4.69) is 70.2 Å². The number of imidazole rings is 3. The molecule has 2 N–H and O–H groups in total. The Bertz CT molecular complexity index is 3490. The van der Waals surface area contributed by atoms with Gasteiger partial charge < -0.3 is 67.0 Å². The molecule has 6 aliphatic rings. The molecule has 0 amide bonds. The molecule has 0 saturated carbocycles. The second-order valence-corrected chi connectivity index (χ2v) is 23.7. The zero-order valence-corrected chi connectivity index (χ0v) is 51.9. The summed E-state index contributed by atoms with van der Waals surface area (Å²) in [5.74, 6) is 2.69. The summed E-state index contributed by atoms with van der Waals surface area (Å²) in [5, 5.41) is 9.28. The molecular weight excluding hydrogens is 1240 g/mol. The Balaban J connectivity index is 0.000000141. The van der Waals surface area contributed by atoms with Gasteiger partial charge in [0, 0.05) is 111 Å². The monoisotopic (exact) mass is 1310 g/mol. The number of hydrogen-bond donors (Lipinski definition) is 2. The van der Waals surface area contributed by atoms with Gasteiger partial charge in [-0.3, -0.25) is 13.9 Å². The first-order valence-corrected chi connectivity index (χ1v) is 31.5. The van der Waals surface area contributed by atoms with Crippen molar-refractivity contribution in [3.8, 4) is 29.3 Å². The summed E-state index contributed by atoms with van der Waals surface area (Å²) in [6.45, 7) is 12.5. The molecule has 0 unspecified atom stereocenters. The highest BCUT2D eigenvalue weighted by atomic mass is 79.9. The van der Waals surface area contributed by atoms with Gasteiger partial charge in [0.2, 0.25) is 26.5 Å². The summed E-state index contributed by atoms with van der Waals surface area (Å²) in [6.07, 6.45) is 7.62. The van der Waals surface area contributed by atoms with E-state index < -0.39 is 10.0 Å². The van der Waals surface area contributed by atoms with Gasteiger partial charge in [0.15, 0.2) is 61.5 Å². The minimum absolute atomic E-state index is 0.0175. The third-order valence-electron chi connectivity index (χ3n) is 14.5. The predicted octanol–water partition coefficient (Wildman–Crippen LogP) is 4.38. The molecule has 7 aromatic rings. The van der Waals surface area contributed by atoms with E-state index in [1.54, 1.807) is 12.3 Å². The lowest BCUT2D eigenvalue weighted by atomic mass is 10.2. The number of fused-ring (bicyclic) bond motifs is 3. The van der Waals surface area contributed by atoms with Gasteiger partial charge in [0.25, 0.3) is 12.0 Å². The second kappa shape index (κ2) is 28.8. The number of rotatable bonds is 11. The number of pyridine rings is 1. The van der Waals surface area contributed by atoms with Crippen LogP contribution in [0.25, 0.3) is 44.9 Å². The average molecular weight is 1310 g/mol. The van der Waals surface area contributed by atoms with Crippen LogP contribution < -0.4 is 33.6 Å². The number of aromatic nitrogens is 13. The molecular formula is C52H70BrCl2N17O12S. The van der Waals surface area contributed by atoms with E-state index in [0.717, 1.165) is 120 Å². The number of morpholine rings is 3. The number of nitrogens with one attached hydrogen (secondary N) is 1. The van der Waals surface area contributed by atoms with E-state index in [0.29, 0.717) is 122 Å². The number of halogens is 3. The number of ether oxygens (including phenoxy) is 9. The van der Waals surface area contributed by atoms with Crippen LogP contribution in [-0.4, -0.2) is 227 Å². The van der Waals surface area contributed by atoms with Crippen LogP contribution in [0, 0.1) is 0 Å². The Morgan fingerprint density at radius 2 is 0.965 bits per heavy atom. The molecule has 0 aromatic carbocycles. The zero-order valence-electron chi connectivity index (χ0n) is 48.0. The molecule has 85 heavy (non-hydrogen) atoms. The summed E-state index contributed by atoms with van der Waals surface area (Å²) >= 11 is 15.5. The van der Waals surface area contributed by atoms with Crippen molar-refractivity contribution in [3.05, 3.63) is 27.6 Å². The summed E-state index contributed by atoms with van der Waals surface area (Å²) < 4.78 is 82.0. The zero-order chi connectivity index (χ0) is 59.6. The van der Waals surface area contributed by atoms with E-state index in [1.807, 2.05) is 34.8 Å². The van der Waals surface area contributed by atoms with Crippen molar-refractivity contribution in [2.75, 3.05) is 151 Å². The number of methoxy groups -OCH3 is 1. The predicted molar refractivity (Wildman–Crippen MR) is 319 cm³/mol. The molecule has 7 aromatic heterocycles. The third-order valence-corrected chi connectivity index (χ3v) is 16.1. The van der Waals surface area contributed by atoms with Gasteiger partial charge in [0.1, 0.15) is 17.9 Å². The average Bonchev–Trinajstić information content (AvgIpc) is 2.39. The van der Waals surface area contributed by atoms with Crippen LogP contribution in [0.4, 0.5) is 23.1 Å². The molecule has 6 aliphatic heterocycles. The first kappa shape index (κ1) is 62.2. The Labute approximate surface area is 509 Å². The Morgan fingerprint density at radius 3 is 1.39 bits per heavy atom. The van der Waals surface area contributed by atoms with E-state index in [4.69, 9.17) is 85.9 Å². The number of aliphatic hydroxyl groups excluding tert-OH is 1. The van der Waals surface area contributed by atoms with Crippen LogP contribution >= 0.6 is 39.1 Å². The maximum absolute atomic E-state index is 11.9. The van der Waals surface area contributed by atoms with Crippen LogP contribution in [0.5, 0.6) is 17.9 Å². The third kappa shape index (κ3) is 15.6. The molecule has 462 valence electrons. The van der Waals surface area contributed by atoms with E-state index in [9.17, 15) is 8.42 Å². The number of anilines is 4. The van der Waals surface area contributed by atoms with Crippen LogP contribution in [-0.2, 0) is 59.6 Å². The molecule has 0 spiro atoms. The Kier molecular flexibility index (Phi) is 21.0. The van der Waals surface area contributed by atoms with Crippen molar-refractivity contribution in [1.29, 1.82) is 0 Å². The number of aliphatic hydroxyl groups is 1. The molecule has 6 fully saturated rings. The summed E-state index contributed by atoms with van der Waals surface area (Å²) in [6, 6.07) is 2.61. The summed E-state index contributed by atoms with van der Waals surface area (Å²) in [7, 11) is 3.48. The van der Waals surface area contributed by atoms with Gasteiger partial charge in [0.05, 0.1) is 85.5 Å². The lowest BCUT2D eigenvalue weighted by Gasteiger charge is -2.28. The quantitative estimate of drug-likeness (QED) is 0.134. The Hall–Kier alpha value is -5.87. The number of hydrogen-bond acceptors (Lipinski definition) is 25. The minimum Gasteiger partial charge on any atom is -0.480 e. The normalized spacial score (nSPS) is 18.5. The van der Waals surface area contributed by atoms with E-state index >= 15 is 0 Å². The maximum atomic E-state index is 11.9. The van der Waals surface area contributed by atoms with Gasteiger partial charge in [-0.1, -0.05) is 0 Å². The van der Waals surface area contributed by atoms with Crippen molar-refractivity contribution >= 4 is 106 Å². The summed E-state index contributed by atoms with van der Waals surface area (Å²) in [4.78, 5) is 51.4. The fourth-order valence-electron chi connectivity index (χ4n) is 9.93. The number of aryl methyl sites for hydroxylation is 3. The van der Waals surface area contributed by atoms with E-state index in [1.165, 1.54) is 7.11 Å². The van der Waals surface area contributed by atoms with Crippen LogP contribution in [0.2, 0.25) is 10.6 Å². The van der Waals surface area contributed by atoms with Crippen molar-refractivity contribution < 1.29 is 56.2 Å². The van der Waals surface area contributed by atoms with Gasteiger partial charge in [-0.25, -0.2) is 28.4 Å². The largest absolute Gasteiger partial charge is 0.480 e. The van der Waals surface area contributed by atoms with Crippen LogP contribution in [0.15, 0.2) is 17.0 Å². The number of nitrogens with zero attached hydrogens (tertiary/aromatic N) is 16. The first-order chi connectivity index (χ1) is 41.1. The molecule has 13 heterocycles. The van der Waals surface area contributed by atoms with Gasteiger partial charge in [-0.05, 0) is 58.0 Å². The van der Waals surface area contributed by atoms with E-state index in [-0.39, 0.29) is 40.4 Å². The Morgan fingerprint density at radius 1 is 0.565 bits per heavy atom. The lowest BCUT2D eigenvalue weighted by molar-refractivity contribution is 0.0139. The summed E-state index contributed by atoms with van der Waals surface area (Å²) in [5.41, 5.74) is 4.82. The standard InChI is InChI=1S/C22H29N7O6S.C15H20ClN5O3.C10H11BrClN5O.C5H10O2/c1-28-19-17(24-22(28)35-15-4-8-33-9-5-15)20(29-6-10-34-11-7-29)26-18(25-19)14-12-16(27-36(3,30)31)21(32-2)23-13-14;1-20-12-11(17-15(20)24-10-2-6-22-7-3-10)13(19-14(16)18-12)21-4-8-23-9-5-21;1-16-7-6(13-9(16)11)8(15-10(12)14-7)17-2-4-18-5-3-17;6-5-1-3-7-4-2-5/h12-13,15,27H,4-11H2,1-3H3;10H,2-9H2,1H3;2-5H2,1H3;5-6H,1-4H2. The second-order valence-electron chi connectivity index (χ2n) is 20.5. The molecule has 33 heteroatoms. The van der Waals surface area contributed by atoms with Crippen molar-refractivity contribution in [1.82, 2.24) is 63.5 Å². The minimum atomic E-state index is -3.56. The van der Waals surface area contributed by atoms with Gasteiger partial charge in [-0.15, -0.1) is 0 Å². The van der Waals surface area contributed by atoms with Crippen molar-refractivity contribution in [3.63, 3.8) is 0 Å². The van der Waals surface area contributed by atoms with Crippen LogP contribution in [0.3, 0.4) is 0 Å². The van der Waals surface area contributed by atoms with Crippen molar-refractivity contribution in [2.24, 2.45) is 21.1 Å². The highest BCUT2D eigenvalue weighted by Crippen LogP contribution is 2.35. The van der Waals surface area contributed by atoms with Crippen LogP contribution in [0.1, 0.15) is 38.5 Å². The molecule has 0 radical (unpaired) electrons. The first-order valence-electron chi connectivity index (χ1n) is 28.1. The lowest BCUT2D eigenvalue weighted by Crippen LogP contribution is -2.37. The molecule has 29 nitrogen and oxygen atoms in total.